The molecule has 0 aliphatic heterocycles. The summed E-state index contributed by atoms with van der Waals surface area (Å²) < 4.78 is 17.1. The molecule has 0 saturated carbocycles. The number of aromatic nitrogens is 8. The second-order valence-corrected chi connectivity index (χ2v) is 10.2. The predicted octanol–water partition coefficient (Wildman–Crippen LogP) is 5.18. The molecule has 190 valence electrons. The maximum atomic E-state index is 15.2. The third-order valence-electron chi connectivity index (χ3n) is 6.22. The van der Waals surface area contributed by atoms with Gasteiger partial charge in [-0.25, -0.2) is 19.3 Å². The van der Waals surface area contributed by atoms with E-state index in [-0.39, 0.29) is 11.4 Å². The van der Waals surface area contributed by atoms with E-state index in [2.05, 4.69) is 40.4 Å². The van der Waals surface area contributed by atoms with Gasteiger partial charge in [0, 0.05) is 35.0 Å². The van der Waals surface area contributed by atoms with Gasteiger partial charge in [-0.1, -0.05) is 20.8 Å². The Hall–Kier alpha value is -4.93. The van der Waals surface area contributed by atoms with Crippen LogP contribution in [0.5, 0.6) is 0 Å². The molecule has 0 radical (unpaired) electrons. The van der Waals surface area contributed by atoms with E-state index < -0.39 is 11.2 Å². The number of nitrogens with zero attached hydrogens (tertiary/aromatic N) is 6. The lowest BCUT2D eigenvalue weighted by molar-refractivity contribution is -0.123. The number of anilines is 1. The molecule has 3 N–H and O–H groups in total. The highest BCUT2D eigenvalue weighted by Gasteiger charge is 2.22. The molecule has 11 heteroatoms. The molecule has 0 bridgehead atoms. The highest BCUT2D eigenvalue weighted by atomic mass is 19.1. The number of carbonyl (C=O) groups is 1. The number of rotatable bonds is 4. The monoisotopic (exact) mass is 509 g/mol. The van der Waals surface area contributed by atoms with Gasteiger partial charge in [0.1, 0.15) is 16.7 Å². The maximum Gasteiger partial charge on any atom is 0.229 e. The summed E-state index contributed by atoms with van der Waals surface area (Å²) in [7, 11) is 0. The van der Waals surface area contributed by atoms with Crippen LogP contribution in [0.2, 0.25) is 0 Å². The molecule has 10 nitrogen and oxygen atoms in total. The number of imidazole rings is 2. The van der Waals surface area contributed by atoms with Crippen molar-refractivity contribution in [3.63, 3.8) is 0 Å². The van der Waals surface area contributed by atoms with Crippen molar-refractivity contribution in [2.45, 2.75) is 27.7 Å². The summed E-state index contributed by atoms with van der Waals surface area (Å²) in [5, 5.41) is 10.5. The van der Waals surface area contributed by atoms with Crippen LogP contribution >= 0.6 is 0 Å². The fraction of sp³-hybridized carbons (Fsp3) is 0.185. The van der Waals surface area contributed by atoms with Gasteiger partial charge in [-0.2, -0.15) is 5.10 Å². The van der Waals surface area contributed by atoms with Gasteiger partial charge in [0.05, 0.1) is 29.6 Å². The molecule has 0 atom stereocenters. The number of hydrogen-bond donors (Lipinski definition) is 3. The first-order chi connectivity index (χ1) is 18.2. The molecule has 5 aromatic heterocycles. The SMILES string of the molecule is Cc1cn(-c2ccnc3nc(-c4[nH]nc5c(F)cc(-c6cncc(NC(=O)C(C)(C)C)c6)cc45)[nH]c23)cn1. The van der Waals surface area contributed by atoms with Crippen molar-refractivity contribution in [2.75, 3.05) is 5.32 Å². The zero-order valence-electron chi connectivity index (χ0n) is 21.2. The number of carbonyl (C=O) groups excluding carboxylic acids is 1. The van der Waals surface area contributed by atoms with Crippen molar-refractivity contribution < 1.29 is 9.18 Å². The lowest BCUT2D eigenvalue weighted by atomic mass is 9.95. The van der Waals surface area contributed by atoms with E-state index in [9.17, 15) is 4.79 Å². The van der Waals surface area contributed by atoms with Crippen molar-refractivity contribution >= 4 is 33.7 Å². The second-order valence-electron chi connectivity index (χ2n) is 10.2. The Morgan fingerprint density at radius 3 is 2.71 bits per heavy atom. The Kier molecular flexibility index (Phi) is 5.30. The molecule has 0 fully saturated rings. The minimum Gasteiger partial charge on any atom is -0.334 e. The van der Waals surface area contributed by atoms with Crippen LogP contribution in [0.4, 0.5) is 10.1 Å². The van der Waals surface area contributed by atoms with Gasteiger partial charge in [-0.05, 0) is 36.8 Å². The summed E-state index contributed by atoms with van der Waals surface area (Å²) in [6.45, 7) is 7.41. The number of hydrogen-bond acceptors (Lipinski definition) is 6. The van der Waals surface area contributed by atoms with Crippen molar-refractivity contribution in [3.05, 3.63) is 66.9 Å². The van der Waals surface area contributed by atoms with Gasteiger partial charge in [0.15, 0.2) is 17.3 Å². The predicted molar refractivity (Wildman–Crippen MR) is 142 cm³/mol. The van der Waals surface area contributed by atoms with Crippen LogP contribution < -0.4 is 5.32 Å². The molecule has 0 saturated heterocycles. The summed E-state index contributed by atoms with van der Waals surface area (Å²) >= 11 is 0. The topological polar surface area (TPSA) is 130 Å². The number of fused-ring (bicyclic) bond motifs is 2. The van der Waals surface area contributed by atoms with E-state index in [4.69, 9.17) is 0 Å². The van der Waals surface area contributed by atoms with Gasteiger partial charge < -0.3 is 14.9 Å². The summed E-state index contributed by atoms with van der Waals surface area (Å²) in [6, 6.07) is 6.86. The number of benzene rings is 1. The van der Waals surface area contributed by atoms with Gasteiger partial charge in [0.25, 0.3) is 0 Å². The smallest absolute Gasteiger partial charge is 0.229 e. The van der Waals surface area contributed by atoms with Crippen molar-refractivity contribution in [2.24, 2.45) is 5.41 Å². The minimum absolute atomic E-state index is 0.140. The first-order valence-electron chi connectivity index (χ1n) is 12.0. The van der Waals surface area contributed by atoms with E-state index in [0.717, 1.165) is 11.4 Å². The zero-order valence-corrected chi connectivity index (χ0v) is 21.2. The molecule has 6 rings (SSSR count). The summed E-state index contributed by atoms with van der Waals surface area (Å²) in [5.41, 5.74) is 4.85. The van der Waals surface area contributed by atoms with E-state index in [1.807, 2.05) is 50.6 Å². The van der Waals surface area contributed by atoms with Crippen LogP contribution in [0.1, 0.15) is 26.5 Å². The molecule has 0 unspecified atom stereocenters. The third-order valence-corrected chi connectivity index (χ3v) is 6.22. The van der Waals surface area contributed by atoms with E-state index in [1.54, 1.807) is 31.0 Å². The highest BCUT2D eigenvalue weighted by Crippen LogP contribution is 2.33. The third kappa shape index (κ3) is 4.07. The average molecular weight is 510 g/mol. The maximum absolute atomic E-state index is 15.2. The Morgan fingerprint density at radius 1 is 1.11 bits per heavy atom. The van der Waals surface area contributed by atoms with Gasteiger partial charge >= 0.3 is 0 Å². The zero-order chi connectivity index (χ0) is 26.6. The van der Waals surface area contributed by atoms with Crippen LogP contribution in [0.25, 0.3) is 50.4 Å². The standard InChI is InChI=1S/C27H24FN9O/c1-14-12-37(13-31-14)20-5-6-30-24-23(20)33-25(34-24)22-18-8-15(9-19(28)21(18)35-36-22)16-7-17(11-29-10-16)32-26(38)27(2,3)4/h5-13H,1-4H3,(H,32,38)(H,35,36)(H,30,33,34). The first-order valence-corrected chi connectivity index (χ1v) is 12.0. The van der Waals surface area contributed by atoms with E-state index in [0.29, 0.717) is 44.9 Å². The fourth-order valence-electron chi connectivity index (χ4n) is 4.19. The molecule has 0 spiro atoms. The minimum atomic E-state index is -0.565. The van der Waals surface area contributed by atoms with Crippen LogP contribution in [-0.4, -0.2) is 45.6 Å². The largest absolute Gasteiger partial charge is 0.334 e. The number of H-pyrrole nitrogens is 2. The fourth-order valence-corrected chi connectivity index (χ4v) is 4.19. The first kappa shape index (κ1) is 23.5. The van der Waals surface area contributed by atoms with Gasteiger partial charge in [-0.3, -0.25) is 14.9 Å². The van der Waals surface area contributed by atoms with Crippen LogP contribution in [0.15, 0.2) is 55.4 Å². The Morgan fingerprint density at radius 2 is 1.95 bits per heavy atom. The summed E-state index contributed by atoms with van der Waals surface area (Å²) in [6.07, 6.45) is 8.50. The van der Waals surface area contributed by atoms with Crippen LogP contribution in [0, 0.1) is 18.2 Å². The lowest BCUT2D eigenvalue weighted by Gasteiger charge is -2.17. The molecular weight excluding hydrogens is 485 g/mol. The summed E-state index contributed by atoms with van der Waals surface area (Å²) in [5.74, 6) is -0.160. The van der Waals surface area contributed by atoms with E-state index >= 15 is 4.39 Å². The molecular formula is C27H24FN9O. The molecule has 5 heterocycles. The highest BCUT2D eigenvalue weighted by molar-refractivity contribution is 5.97. The average Bonchev–Trinajstić information content (AvgIpc) is 3.61. The normalized spacial score (nSPS) is 11.9. The number of amides is 1. The summed E-state index contributed by atoms with van der Waals surface area (Å²) in [4.78, 5) is 33.3. The lowest BCUT2D eigenvalue weighted by Crippen LogP contribution is -2.27. The Labute approximate surface area is 216 Å². The number of pyridine rings is 2. The Balaban J connectivity index is 1.43. The molecule has 1 amide bonds. The molecule has 1 aromatic carbocycles. The van der Waals surface area contributed by atoms with Crippen LogP contribution in [-0.2, 0) is 4.79 Å². The number of halogens is 1. The van der Waals surface area contributed by atoms with Crippen molar-refractivity contribution in [1.29, 1.82) is 0 Å². The van der Waals surface area contributed by atoms with Crippen molar-refractivity contribution in [3.8, 4) is 28.3 Å². The molecule has 6 aromatic rings. The van der Waals surface area contributed by atoms with Gasteiger partial charge in [0.2, 0.25) is 5.91 Å². The number of aromatic amines is 2. The quantitative estimate of drug-likeness (QED) is 0.300. The molecule has 0 aliphatic carbocycles. The Bertz CT molecular complexity index is 1840. The molecule has 0 aliphatic rings. The molecule has 38 heavy (non-hydrogen) atoms. The van der Waals surface area contributed by atoms with E-state index in [1.165, 1.54) is 6.07 Å². The second kappa shape index (κ2) is 8.58. The van der Waals surface area contributed by atoms with Crippen LogP contribution in [0.3, 0.4) is 0 Å². The van der Waals surface area contributed by atoms with Crippen molar-refractivity contribution in [1.82, 2.24) is 39.7 Å². The van der Waals surface area contributed by atoms with Gasteiger partial charge in [-0.15, -0.1) is 0 Å². The number of aryl methyl sites for hydroxylation is 1. The number of nitrogens with one attached hydrogen (secondary N) is 3.